The van der Waals surface area contributed by atoms with Gasteiger partial charge in [-0.05, 0) is 30.9 Å². The van der Waals surface area contributed by atoms with Gasteiger partial charge in [-0.1, -0.05) is 74.5 Å². The van der Waals surface area contributed by atoms with Crippen molar-refractivity contribution in [1.29, 1.82) is 0 Å². The lowest BCUT2D eigenvalue weighted by molar-refractivity contribution is 0.0701. The zero-order valence-electron chi connectivity index (χ0n) is 16.9. The molecule has 0 bridgehead atoms. The molecule has 0 saturated carbocycles. The zero-order valence-corrected chi connectivity index (χ0v) is 18.7. The van der Waals surface area contributed by atoms with E-state index >= 15 is 0 Å². The van der Waals surface area contributed by atoms with Crippen molar-refractivity contribution in [1.82, 2.24) is 0 Å². The van der Waals surface area contributed by atoms with Crippen molar-refractivity contribution in [3.05, 3.63) is 71.8 Å². The SMILES string of the molecule is CCOP1(=O)OC(c2ccccc2)(P(=O)(O)O)C(CC)C1(CC)c1ccccc1. The minimum atomic E-state index is -4.93. The van der Waals surface area contributed by atoms with E-state index in [0.717, 1.165) is 0 Å². The van der Waals surface area contributed by atoms with Gasteiger partial charge in [0.15, 0.2) is 0 Å². The Bertz CT molecular complexity index is 929. The average Bonchev–Trinajstić information content (AvgIpc) is 2.95. The van der Waals surface area contributed by atoms with Crippen LogP contribution in [0, 0.1) is 5.92 Å². The zero-order chi connectivity index (χ0) is 21.3. The topological polar surface area (TPSA) is 93.1 Å². The van der Waals surface area contributed by atoms with Crippen LogP contribution in [-0.2, 0) is 28.7 Å². The third-order valence-electron chi connectivity index (χ3n) is 5.94. The summed E-state index contributed by atoms with van der Waals surface area (Å²) >= 11 is 0. The van der Waals surface area contributed by atoms with Crippen LogP contribution < -0.4 is 0 Å². The molecule has 1 heterocycles. The number of rotatable bonds is 7. The molecule has 1 aliphatic heterocycles. The molecule has 6 nitrogen and oxygen atoms in total. The summed E-state index contributed by atoms with van der Waals surface area (Å²) in [5.74, 6) is -0.761. The van der Waals surface area contributed by atoms with Crippen molar-refractivity contribution in [3.63, 3.8) is 0 Å². The van der Waals surface area contributed by atoms with Gasteiger partial charge in [0.1, 0.15) is 5.16 Å². The van der Waals surface area contributed by atoms with E-state index in [9.17, 15) is 18.9 Å². The molecule has 1 saturated heterocycles. The first kappa shape index (κ1) is 22.4. The largest absolute Gasteiger partial charge is 0.362 e. The van der Waals surface area contributed by atoms with Gasteiger partial charge >= 0.3 is 15.2 Å². The summed E-state index contributed by atoms with van der Waals surface area (Å²) in [5.41, 5.74) is 1.02. The molecule has 1 fully saturated rings. The summed E-state index contributed by atoms with van der Waals surface area (Å²) in [6.07, 6.45) is 0.696. The molecule has 0 aromatic heterocycles. The van der Waals surface area contributed by atoms with E-state index in [0.29, 0.717) is 24.0 Å². The number of hydrogen-bond donors (Lipinski definition) is 2. The van der Waals surface area contributed by atoms with Crippen LogP contribution in [0.5, 0.6) is 0 Å². The molecule has 158 valence electrons. The molecule has 2 aromatic rings. The van der Waals surface area contributed by atoms with Crippen LogP contribution in [0.25, 0.3) is 0 Å². The van der Waals surface area contributed by atoms with Crippen LogP contribution in [0.4, 0.5) is 0 Å². The predicted octanol–water partition coefficient (Wildman–Crippen LogP) is 5.61. The van der Waals surface area contributed by atoms with Crippen molar-refractivity contribution >= 4 is 15.2 Å². The van der Waals surface area contributed by atoms with Gasteiger partial charge in [-0.2, -0.15) is 0 Å². The van der Waals surface area contributed by atoms with Gasteiger partial charge in [-0.25, -0.2) is 0 Å². The Morgan fingerprint density at radius 1 is 1.00 bits per heavy atom. The molecule has 1 aliphatic rings. The van der Waals surface area contributed by atoms with E-state index in [1.54, 1.807) is 37.3 Å². The molecule has 0 radical (unpaired) electrons. The molecular formula is C21H28O6P2. The standard InChI is InChI=1S/C21H28O6P2/c1-4-19-20(5-2,17-13-9-7-10-14-17)29(25,26-6-3)27-21(19,28(22,23)24)18-15-11-8-12-16-18/h7-16,19H,4-6H2,1-3H3,(H2,22,23,24). The molecular weight excluding hydrogens is 410 g/mol. The van der Waals surface area contributed by atoms with Gasteiger partial charge in [0.2, 0.25) is 5.34 Å². The van der Waals surface area contributed by atoms with Gasteiger partial charge < -0.3 is 14.3 Å². The van der Waals surface area contributed by atoms with E-state index in [1.165, 1.54) is 0 Å². The van der Waals surface area contributed by atoms with Crippen LogP contribution in [0.1, 0.15) is 44.7 Å². The molecule has 4 unspecified atom stereocenters. The highest BCUT2D eigenvalue weighted by molar-refractivity contribution is 7.58. The normalized spacial score (nSPS) is 32.4. The Labute approximate surface area is 172 Å². The molecule has 0 amide bonds. The first-order valence-corrected chi connectivity index (χ1v) is 13.0. The van der Waals surface area contributed by atoms with Crippen LogP contribution in [0.2, 0.25) is 0 Å². The second-order valence-electron chi connectivity index (χ2n) is 7.22. The monoisotopic (exact) mass is 438 g/mol. The Kier molecular flexibility index (Phi) is 6.27. The smallest absolute Gasteiger partial charge is 0.322 e. The highest BCUT2D eigenvalue weighted by atomic mass is 31.2. The minimum absolute atomic E-state index is 0.105. The highest BCUT2D eigenvalue weighted by Gasteiger charge is 2.76. The summed E-state index contributed by atoms with van der Waals surface area (Å²) in [5, 5.41) is -3.24. The first-order chi connectivity index (χ1) is 13.7. The summed E-state index contributed by atoms with van der Waals surface area (Å²) in [6, 6.07) is 17.6. The lowest BCUT2D eigenvalue weighted by Crippen LogP contribution is -2.40. The van der Waals surface area contributed by atoms with Gasteiger partial charge in [-0.15, -0.1) is 0 Å². The molecule has 4 atom stereocenters. The molecule has 8 heteroatoms. The van der Waals surface area contributed by atoms with Crippen molar-refractivity contribution in [3.8, 4) is 0 Å². The maximum atomic E-state index is 14.3. The molecule has 29 heavy (non-hydrogen) atoms. The Morgan fingerprint density at radius 3 is 1.93 bits per heavy atom. The first-order valence-electron chi connectivity index (χ1n) is 9.85. The van der Waals surface area contributed by atoms with Crippen molar-refractivity contribution in [2.75, 3.05) is 6.61 Å². The van der Waals surface area contributed by atoms with Crippen LogP contribution in [0.3, 0.4) is 0 Å². The van der Waals surface area contributed by atoms with Gasteiger partial charge in [-0.3, -0.25) is 13.7 Å². The maximum Gasteiger partial charge on any atom is 0.362 e. The van der Waals surface area contributed by atoms with Crippen molar-refractivity contribution in [2.45, 2.75) is 44.1 Å². The fraction of sp³-hybridized carbons (Fsp3) is 0.429. The fourth-order valence-corrected chi connectivity index (χ4v) is 9.98. The van der Waals surface area contributed by atoms with E-state index in [4.69, 9.17) is 9.05 Å². The number of benzene rings is 2. The molecule has 2 aromatic carbocycles. The second kappa shape index (κ2) is 8.11. The Morgan fingerprint density at radius 2 is 1.52 bits per heavy atom. The third-order valence-corrected chi connectivity index (χ3v) is 10.6. The van der Waals surface area contributed by atoms with Crippen LogP contribution >= 0.6 is 15.2 Å². The predicted molar refractivity (Wildman–Crippen MR) is 113 cm³/mol. The van der Waals surface area contributed by atoms with Crippen LogP contribution in [-0.4, -0.2) is 16.4 Å². The fourth-order valence-electron chi connectivity index (χ4n) is 4.85. The van der Waals surface area contributed by atoms with E-state index in [-0.39, 0.29) is 6.61 Å². The van der Waals surface area contributed by atoms with E-state index in [2.05, 4.69) is 0 Å². The molecule has 0 aliphatic carbocycles. The molecule has 3 rings (SSSR count). The molecule has 2 N–H and O–H groups in total. The Hall–Kier alpha value is -1.26. The van der Waals surface area contributed by atoms with Gasteiger partial charge in [0, 0.05) is 5.92 Å². The summed E-state index contributed by atoms with van der Waals surface area (Å²) in [7, 11) is -8.91. The van der Waals surface area contributed by atoms with Crippen LogP contribution in [0.15, 0.2) is 60.7 Å². The summed E-state index contributed by atoms with van der Waals surface area (Å²) in [6.45, 7) is 5.52. The summed E-state index contributed by atoms with van der Waals surface area (Å²) in [4.78, 5) is 21.2. The summed E-state index contributed by atoms with van der Waals surface area (Å²) < 4.78 is 39.2. The van der Waals surface area contributed by atoms with Crippen molar-refractivity contribution < 1.29 is 28.0 Å². The minimum Gasteiger partial charge on any atom is -0.322 e. The van der Waals surface area contributed by atoms with E-state index < -0.39 is 31.6 Å². The lowest BCUT2D eigenvalue weighted by Gasteiger charge is -2.40. The Balaban J connectivity index is 2.43. The molecule has 0 spiro atoms. The average molecular weight is 438 g/mol. The third kappa shape index (κ3) is 3.18. The highest BCUT2D eigenvalue weighted by Crippen LogP contribution is 2.86. The quantitative estimate of drug-likeness (QED) is 0.546. The van der Waals surface area contributed by atoms with Crippen molar-refractivity contribution in [2.24, 2.45) is 5.92 Å². The lowest BCUT2D eigenvalue weighted by atomic mass is 9.76. The number of hydrogen-bond acceptors (Lipinski definition) is 4. The van der Waals surface area contributed by atoms with Gasteiger partial charge in [0.25, 0.3) is 0 Å². The van der Waals surface area contributed by atoms with Gasteiger partial charge in [0.05, 0.1) is 6.61 Å². The maximum absolute atomic E-state index is 14.3. The second-order valence-corrected chi connectivity index (χ2v) is 11.2. The van der Waals surface area contributed by atoms with E-state index in [1.807, 2.05) is 44.2 Å².